The van der Waals surface area contributed by atoms with Gasteiger partial charge in [-0.25, -0.2) is 0 Å². The number of rotatable bonds is 6. The summed E-state index contributed by atoms with van der Waals surface area (Å²) in [6.07, 6.45) is 2.94. The third-order valence-electron chi connectivity index (χ3n) is 5.63. The lowest BCUT2D eigenvalue weighted by atomic mass is 10.1. The summed E-state index contributed by atoms with van der Waals surface area (Å²) in [6.45, 7) is 8.33. The Morgan fingerprint density at radius 3 is 2.83 bits per heavy atom. The van der Waals surface area contributed by atoms with E-state index in [4.69, 9.17) is 9.73 Å². The third-order valence-corrected chi connectivity index (χ3v) is 5.63. The van der Waals surface area contributed by atoms with Gasteiger partial charge in [-0.3, -0.25) is 14.9 Å². The number of morpholine rings is 1. The Morgan fingerprint density at radius 1 is 1.17 bits per heavy atom. The highest BCUT2D eigenvalue weighted by Gasteiger charge is 2.41. The molecule has 2 unspecified atom stereocenters. The van der Waals surface area contributed by atoms with Gasteiger partial charge in [0, 0.05) is 57.6 Å². The van der Waals surface area contributed by atoms with Gasteiger partial charge in [0.05, 0.1) is 18.8 Å². The van der Waals surface area contributed by atoms with Crippen molar-refractivity contribution in [3.8, 4) is 0 Å². The minimum absolute atomic E-state index is 0.243. The molecule has 0 bridgehead atoms. The van der Waals surface area contributed by atoms with E-state index >= 15 is 0 Å². The van der Waals surface area contributed by atoms with Crippen molar-refractivity contribution in [1.29, 1.82) is 0 Å². The average molecular weight is 394 g/mol. The highest BCUT2D eigenvalue weighted by molar-refractivity contribution is 5.80. The Labute approximate surface area is 173 Å². The summed E-state index contributed by atoms with van der Waals surface area (Å²) < 4.78 is 6.13. The minimum atomic E-state index is 0.243. The molecule has 2 aromatic rings. The van der Waals surface area contributed by atoms with Gasteiger partial charge in [0.2, 0.25) is 0 Å². The number of aromatic nitrogens is 1. The second-order valence-corrected chi connectivity index (χ2v) is 7.64. The van der Waals surface area contributed by atoms with E-state index in [0.717, 1.165) is 63.9 Å². The molecule has 0 aliphatic carbocycles. The van der Waals surface area contributed by atoms with Crippen LogP contribution in [0.25, 0.3) is 0 Å². The summed E-state index contributed by atoms with van der Waals surface area (Å²) >= 11 is 0. The first-order valence-electron chi connectivity index (χ1n) is 10.7. The van der Waals surface area contributed by atoms with E-state index in [9.17, 15) is 0 Å². The van der Waals surface area contributed by atoms with E-state index in [1.54, 1.807) is 0 Å². The van der Waals surface area contributed by atoms with Crippen LogP contribution >= 0.6 is 0 Å². The van der Waals surface area contributed by atoms with E-state index in [-0.39, 0.29) is 6.10 Å². The molecule has 2 aliphatic heterocycles. The molecule has 6 heteroatoms. The fraction of sp³-hybridized carbons (Fsp3) is 0.478. The Hall–Kier alpha value is -2.44. The molecular formula is C23H31N5O. The maximum absolute atomic E-state index is 6.13. The first-order valence-corrected chi connectivity index (χ1v) is 10.7. The van der Waals surface area contributed by atoms with Crippen LogP contribution in [0.4, 0.5) is 0 Å². The van der Waals surface area contributed by atoms with E-state index in [1.807, 2.05) is 18.3 Å². The Kier molecular flexibility index (Phi) is 6.75. The summed E-state index contributed by atoms with van der Waals surface area (Å²) in [5, 5.41) is 3.47. The standard InChI is InChI=1S/C23H31N5O/c1-2-24-23(26-13-11-20-10-6-7-12-25-20)28-17-21-22(18-28)29-15-14-27(21)16-19-8-4-3-5-9-19/h3-10,12,21-22H,2,11,13-18H2,1H3,(H,24,26). The molecule has 2 fully saturated rings. The zero-order valence-corrected chi connectivity index (χ0v) is 17.2. The normalized spacial score (nSPS) is 22.5. The van der Waals surface area contributed by atoms with Crippen LogP contribution in [-0.2, 0) is 17.7 Å². The molecule has 2 aliphatic rings. The van der Waals surface area contributed by atoms with Gasteiger partial charge in [0.15, 0.2) is 5.96 Å². The van der Waals surface area contributed by atoms with E-state index in [0.29, 0.717) is 6.04 Å². The molecule has 1 aromatic heterocycles. The van der Waals surface area contributed by atoms with Crippen LogP contribution in [-0.4, -0.2) is 72.2 Å². The Balaban J connectivity index is 1.40. The number of nitrogens with zero attached hydrogens (tertiary/aromatic N) is 4. The van der Waals surface area contributed by atoms with Crippen molar-refractivity contribution < 1.29 is 4.74 Å². The smallest absolute Gasteiger partial charge is 0.194 e. The number of pyridine rings is 1. The second kappa shape index (κ2) is 9.85. The number of aliphatic imine (C=N–C) groups is 1. The molecule has 1 aromatic carbocycles. The zero-order valence-electron chi connectivity index (χ0n) is 17.2. The van der Waals surface area contributed by atoms with Gasteiger partial charge >= 0.3 is 0 Å². The van der Waals surface area contributed by atoms with Crippen LogP contribution < -0.4 is 5.32 Å². The maximum atomic E-state index is 6.13. The van der Waals surface area contributed by atoms with Crippen LogP contribution in [0, 0.1) is 0 Å². The SMILES string of the molecule is CCNC(=NCCc1ccccn1)N1CC2OCCN(Cc3ccccc3)C2C1. The number of benzene rings is 1. The zero-order chi connectivity index (χ0) is 19.9. The van der Waals surface area contributed by atoms with Gasteiger partial charge in [0.1, 0.15) is 0 Å². The van der Waals surface area contributed by atoms with Gasteiger partial charge in [-0.1, -0.05) is 36.4 Å². The molecule has 3 heterocycles. The summed E-state index contributed by atoms with van der Waals surface area (Å²) in [4.78, 5) is 14.2. The molecule has 0 saturated carbocycles. The highest BCUT2D eigenvalue weighted by atomic mass is 16.5. The summed E-state index contributed by atoms with van der Waals surface area (Å²) in [5.41, 5.74) is 2.45. The lowest BCUT2D eigenvalue weighted by Crippen LogP contribution is -2.50. The fourth-order valence-corrected chi connectivity index (χ4v) is 4.19. The first-order chi connectivity index (χ1) is 14.3. The van der Waals surface area contributed by atoms with Crippen molar-refractivity contribution in [1.82, 2.24) is 20.1 Å². The number of ether oxygens (including phenoxy) is 1. The largest absolute Gasteiger partial charge is 0.373 e. The van der Waals surface area contributed by atoms with Crippen molar-refractivity contribution in [3.05, 3.63) is 66.0 Å². The molecule has 0 radical (unpaired) electrons. The van der Waals surface area contributed by atoms with Gasteiger partial charge in [-0.05, 0) is 24.6 Å². The Morgan fingerprint density at radius 2 is 2.03 bits per heavy atom. The lowest BCUT2D eigenvalue weighted by Gasteiger charge is -2.36. The van der Waals surface area contributed by atoms with Gasteiger partial charge in [-0.2, -0.15) is 0 Å². The molecule has 29 heavy (non-hydrogen) atoms. The van der Waals surface area contributed by atoms with Crippen molar-refractivity contribution >= 4 is 5.96 Å². The maximum Gasteiger partial charge on any atom is 0.194 e. The Bertz CT molecular complexity index is 782. The molecule has 2 saturated heterocycles. The van der Waals surface area contributed by atoms with Crippen LogP contribution in [0.5, 0.6) is 0 Å². The van der Waals surface area contributed by atoms with E-state index < -0.39 is 0 Å². The third kappa shape index (κ3) is 5.14. The molecule has 154 valence electrons. The molecule has 1 N–H and O–H groups in total. The van der Waals surface area contributed by atoms with Gasteiger partial charge in [0.25, 0.3) is 0 Å². The molecular weight excluding hydrogens is 362 g/mol. The predicted molar refractivity (Wildman–Crippen MR) is 116 cm³/mol. The van der Waals surface area contributed by atoms with E-state index in [1.165, 1.54) is 5.56 Å². The molecule has 6 nitrogen and oxygen atoms in total. The van der Waals surface area contributed by atoms with Crippen molar-refractivity contribution in [2.24, 2.45) is 4.99 Å². The second-order valence-electron chi connectivity index (χ2n) is 7.64. The number of likely N-dealkylation sites (tertiary alicyclic amines) is 1. The summed E-state index contributed by atoms with van der Waals surface area (Å²) in [7, 11) is 0. The number of fused-ring (bicyclic) bond motifs is 1. The topological polar surface area (TPSA) is 53.0 Å². The quantitative estimate of drug-likeness (QED) is 0.602. The minimum Gasteiger partial charge on any atom is -0.373 e. The average Bonchev–Trinajstić information content (AvgIpc) is 3.20. The molecule has 0 spiro atoms. The monoisotopic (exact) mass is 393 g/mol. The van der Waals surface area contributed by atoms with Crippen molar-refractivity contribution in [2.75, 3.05) is 39.3 Å². The van der Waals surface area contributed by atoms with Crippen LogP contribution in [0.3, 0.4) is 0 Å². The van der Waals surface area contributed by atoms with E-state index in [2.05, 4.69) is 63.4 Å². The predicted octanol–water partition coefficient (Wildman–Crippen LogP) is 2.17. The van der Waals surface area contributed by atoms with Crippen LogP contribution in [0.15, 0.2) is 59.7 Å². The van der Waals surface area contributed by atoms with Crippen LogP contribution in [0.1, 0.15) is 18.2 Å². The first kappa shape index (κ1) is 19.9. The lowest BCUT2D eigenvalue weighted by molar-refractivity contribution is -0.0502. The number of hydrogen-bond donors (Lipinski definition) is 1. The number of nitrogens with one attached hydrogen (secondary N) is 1. The number of guanidine groups is 1. The molecule has 0 amide bonds. The van der Waals surface area contributed by atoms with Crippen molar-refractivity contribution in [2.45, 2.75) is 32.0 Å². The summed E-state index contributed by atoms with van der Waals surface area (Å²) in [5.74, 6) is 0.987. The van der Waals surface area contributed by atoms with Gasteiger partial charge in [-0.15, -0.1) is 0 Å². The van der Waals surface area contributed by atoms with Crippen molar-refractivity contribution in [3.63, 3.8) is 0 Å². The molecule has 2 atom stereocenters. The summed E-state index contributed by atoms with van der Waals surface area (Å²) in [6, 6.07) is 17.2. The fourth-order valence-electron chi connectivity index (χ4n) is 4.19. The van der Waals surface area contributed by atoms with Crippen LogP contribution in [0.2, 0.25) is 0 Å². The number of hydrogen-bond acceptors (Lipinski definition) is 4. The molecule has 4 rings (SSSR count). The highest BCUT2D eigenvalue weighted by Crippen LogP contribution is 2.24. The van der Waals surface area contributed by atoms with Gasteiger partial charge < -0.3 is 15.0 Å².